The highest BCUT2D eigenvalue weighted by Gasteiger charge is 2.31. The number of nitrogens with one attached hydrogen (secondary N) is 1. The van der Waals surface area contributed by atoms with Crippen LogP contribution in [0.25, 0.3) is 5.70 Å². The van der Waals surface area contributed by atoms with Crippen LogP contribution in [-0.2, 0) is 4.79 Å². The van der Waals surface area contributed by atoms with E-state index in [1.54, 1.807) is 4.68 Å². The molecular formula is C26H24N6O. The SMILES string of the molecule is Cc1ccc([C@H]2C=C(c3ccccc3)N(CC(=O)Nc3ccccc3C)c3nnnn32)cc1. The van der Waals surface area contributed by atoms with Crippen molar-refractivity contribution in [2.24, 2.45) is 0 Å². The number of rotatable bonds is 5. The van der Waals surface area contributed by atoms with Gasteiger partial charge in [0, 0.05) is 5.69 Å². The summed E-state index contributed by atoms with van der Waals surface area (Å²) < 4.78 is 1.76. The first kappa shape index (κ1) is 20.6. The van der Waals surface area contributed by atoms with Crippen LogP contribution in [0, 0.1) is 13.8 Å². The van der Waals surface area contributed by atoms with Crippen LogP contribution in [-0.4, -0.2) is 32.7 Å². The molecule has 1 aliphatic rings. The Bertz CT molecular complexity index is 1310. The highest BCUT2D eigenvalue weighted by Crippen LogP contribution is 2.36. The quantitative estimate of drug-likeness (QED) is 0.503. The maximum absolute atomic E-state index is 13.1. The Morgan fingerprint density at radius 3 is 2.42 bits per heavy atom. The van der Waals surface area contributed by atoms with Gasteiger partial charge in [0.2, 0.25) is 5.91 Å². The zero-order valence-electron chi connectivity index (χ0n) is 18.5. The third-order valence-electron chi connectivity index (χ3n) is 5.80. The summed E-state index contributed by atoms with van der Waals surface area (Å²) in [7, 11) is 0. The maximum atomic E-state index is 13.1. The van der Waals surface area contributed by atoms with E-state index >= 15 is 0 Å². The van der Waals surface area contributed by atoms with Crippen LogP contribution in [0.5, 0.6) is 0 Å². The Kier molecular flexibility index (Phi) is 5.44. The van der Waals surface area contributed by atoms with Gasteiger partial charge in [-0.3, -0.25) is 9.69 Å². The number of hydrogen-bond donors (Lipinski definition) is 1. The molecule has 0 saturated carbocycles. The summed E-state index contributed by atoms with van der Waals surface area (Å²) >= 11 is 0. The molecule has 0 saturated heterocycles. The van der Waals surface area contributed by atoms with E-state index in [1.807, 2.05) is 66.4 Å². The van der Waals surface area contributed by atoms with Crippen molar-refractivity contribution in [3.63, 3.8) is 0 Å². The Morgan fingerprint density at radius 2 is 1.67 bits per heavy atom. The van der Waals surface area contributed by atoms with Crippen LogP contribution in [0.1, 0.15) is 28.3 Å². The molecule has 7 heteroatoms. The lowest BCUT2D eigenvalue weighted by molar-refractivity contribution is -0.114. The second-order valence-electron chi connectivity index (χ2n) is 8.15. The maximum Gasteiger partial charge on any atom is 0.251 e. The minimum absolute atomic E-state index is 0.0794. The van der Waals surface area contributed by atoms with Crippen LogP contribution in [0.2, 0.25) is 0 Å². The average molecular weight is 437 g/mol. The molecule has 0 aliphatic carbocycles. The normalized spacial score (nSPS) is 15.0. The molecule has 1 N–H and O–H groups in total. The molecule has 33 heavy (non-hydrogen) atoms. The Morgan fingerprint density at radius 1 is 0.939 bits per heavy atom. The van der Waals surface area contributed by atoms with Gasteiger partial charge in [-0.2, -0.15) is 4.68 Å². The van der Waals surface area contributed by atoms with E-state index in [2.05, 4.69) is 58.1 Å². The number of benzene rings is 3. The van der Waals surface area contributed by atoms with Crippen molar-refractivity contribution < 1.29 is 4.79 Å². The molecule has 0 fully saturated rings. The summed E-state index contributed by atoms with van der Waals surface area (Å²) in [5.41, 5.74) is 5.95. The number of para-hydroxylation sites is 1. The lowest BCUT2D eigenvalue weighted by Crippen LogP contribution is -2.37. The molecule has 164 valence electrons. The third-order valence-corrected chi connectivity index (χ3v) is 5.80. The van der Waals surface area contributed by atoms with Crippen LogP contribution in [0.15, 0.2) is 84.9 Å². The van der Waals surface area contributed by atoms with Gasteiger partial charge in [0.15, 0.2) is 0 Å². The summed E-state index contributed by atoms with van der Waals surface area (Å²) in [4.78, 5) is 14.9. The number of carbonyl (C=O) groups is 1. The van der Waals surface area contributed by atoms with Gasteiger partial charge in [0.1, 0.15) is 12.6 Å². The third kappa shape index (κ3) is 4.13. The number of anilines is 2. The van der Waals surface area contributed by atoms with Crippen LogP contribution in [0.4, 0.5) is 11.6 Å². The standard InChI is InChI=1S/C26H24N6O/c1-18-12-14-21(15-13-18)24-16-23(20-9-4-3-5-10-20)31(26-28-29-30-32(24)26)17-25(33)27-22-11-7-6-8-19(22)2/h3-16,24H,17H2,1-2H3,(H,27,33)/t24-/m1/s1. The van der Waals surface area contributed by atoms with Crippen molar-refractivity contribution >= 4 is 23.2 Å². The van der Waals surface area contributed by atoms with E-state index in [4.69, 9.17) is 0 Å². The van der Waals surface area contributed by atoms with Gasteiger partial charge in [0.05, 0.1) is 5.70 Å². The molecular weight excluding hydrogens is 412 g/mol. The average Bonchev–Trinajstić information content (AvgIpc) is 3.32. The molecule has 0 unspecified atom stereocenters. The summed E-state index contributed by atoms with van der Waals surface area (Å²) in [5.74, 6) is 0.385. The molecule has 2 heterocycles. The molecule has 4 aromatic rings. The second-order valence-corrected chi connectivity index (χ2v) is 8.15. The van der Waals surface area contributed by atoms with Crippen molar-refractivity contribution in [3.05, 3.63) is 107 Å². The molecule has 7 nitrogen and oxygen atoms in total. The minimum Gasteiger partial charge on any atom is -0.324 e. The predicted molar refractivity (Wildman–Crippen MR) is 129 cm³/mol. The van der Waals surface area contributed by atoms with E-state index in [1.165, 1.54) is 5.56 Å². The Hall–Kier alpha value is -4.26. The number of nitrogens with zero attached hydrogens (tertiary/aromatic N) is 5. The van der Waals surface area contributed by atoms with E-state index < -0.39 is 0 Å². The van der Waals surface area contributed by atoms with E-state index in [0.29, 0.717) is 5.95 Å². The molecule has 1 aliphatic heterocycles. The zero-order chi connectivity index (χ0) is 22.8. The number of aromatic nitrogens is 4. The van der Waals surface area contributed by atoms with E-state index in [0.717, 1.165) is 28.1 Å². The number of amides is 1. The van der Waals surface area contributed by atoms with Crippen molar-refractivity contribution in [3.8, 4) is 0 Å². The Labute approximate surface area is 192 Å². The van der Waals surface area contributed by atoms with Crippen LogP contribution < -0.4 is 10.2 Å². The number of hydrogen-bond acceptors (Lipinski definition) is 5. The highest BCUT2D eigenvalue weighted by molar-refractivity contribution is 5.97. The van der Waals surface area contributed by atoms with Crippen molar-refractivity contribution in [1.82, 2.24) is 20.2 Å². The van der Waals surface area contributed by atoms with Gasteiger partial charge in [-0.1, -0.05) is 83.5 Å². The Balaban J connectivity index is 1.53. The van der Waals surface area contributed by atoms with Gasteiger partial charge < -0.3 is 5.32 Å². The first-order valence-corrected chi connectivity index (χ1v) is 10.8. The topological polar surface area (TPSA) is 75.9 Å². The minimum atomic E-state index is -0.179. The van der Waals surface area contributed by atoms with Gasteiger partial charge in [0.25, 0.3) is 5.95 Å². The largest absolute Gasteiger partial charge is 0.324 e. The monoisotopic (exact) mass is 436 g/mol. The van der Waals surface area contributed by atoms with Crippen molar-refractivity contribution in [1.29, 1.82) is 0 Å². The summed E-state index contributed by atoms with van der Waals surface area (Å²) in [6.45, 7) is 4.11. The molecule has 3 aromatic carbocycles. The van der Waals surface area contributed by atoms with Gasteiger partial charge in [-0.15, -0.1) is 0 Å². The molecule has 5 rings (SSSR count). The molecule has 0 radical (unpaired) electrons. The molecule has 0 bridgehead atoms. The van der Waals surface area contributed by atoms with Crippen molar-refractivity contribution in [2.45, 2.75) is 19.9 Å². The van der Waals surface area contributed by atoms with Crippen LogP contribution >= 0.6 is 0 Å². The van der Waals surface area contributed by atoms with E-state index in [-0.39, 0.29) is 18.5 Å². The highest BCUT2D eigenvalue weighted by atomic mass is 16.2. The number of carbonyl (C=O) groups excluding carboxylic acids is 1. The molecule has 1 atom stereocenters. The predicted octanol–water partition coefficient (Wildman–Crippen LogP) is 4.38. The second kappa shape index (κ2) is 8.70. The number of fused-ring (bicyclic) bond motifs is 1. The molecule has 0 spiro atoms. The zero-order valence-corrected chi connectivity index (χ0v) is 18.5. The number of aryl methyl sites for hydroxylation is 2. The van der Waals surface area contributed by atoms with Gasteiger partial charge in [-0.05, 0) is 53.1 Å². The van der Waals surface area contributed by atoms with Gasteiger partial charge in [-0.25, -0.2) is 0 Å². The molecule has 1 amide bonds. The fraction of sp³-hybridized carbons (Fsp3) is 0.154. The number of allylic oxidation sites excluding steroid dienone is 1. The fourth-order valence-corrected chi connectivity index (χ4v) is 4.03. The summed E-state index contributed by atoms with van der Waals surface area (Å²) in [6, 6.07) is 25.9. The molecule has 1 aromatic heterocycles. The van der Waals surface area contributed by atoms with Gasteiger partial charge >= 0.3 is 0 Å². The van der Waals surface area contributed by atoms with E-state index in [9.17, 15) is 4.79 Å². The first-order chi connectivity index (χ1) is 16.1. The first-order valence-electron chi connectivity index (χ1n) is 10.8. The summed E-state index contributed by atoms with van der Waals surface area (Å²) in [5, 5.41) is 15.5. The van der Waals surface area contributed by atoms with Crippen LogP contribution in [0.3, 0.4) is 0 Å². The van der Waals surface area contributed by atoms with Crippen molar-refractivity contribution in [2.75, 3.05) is 16.8 Å². The summed E-state index contributed by atoms with van der Waals surface area (Å²) in [6.07, 6.45) is 2.12. The fourth-order valence-electron chi connectivity index (χ4n) is 4.03. The lowest BCUT2D eigenvalue weighted by Gasteiger charge is -2.32. The number of tetrazole rings is 1. The smallest absolute Gasteiger partial charge is 0.251 e. The lowest BCUT2D eigenvalue weighted by atomic mass is 10.00.